The average Bonchev–Trinajstić information content (AvgIpc) is 2.49. The molecule has 22 heavy (non-hydrogen) atoms. The van der Waals surface area contributed by atoms with Gasteiger partial charge in [-0.3, -0.25) is 4.79 Å². The van der Waals surface area contributed by atoms with Crippen LogP contribution in [-0.2, 0) is 20.8 Å². The average molecular weight is 307 g/mol. The first kappa shape index (κ1) is 17.7. The summed E-state index contributed by atoms with van der Waals surface area (Å²) in [7, 11) is 0. The summed E-state index contributed by atoms with van der Waals surface area (Å²) in [5.41, 5.74) is 3.30. The van der Waals surface area contributed by atoms with E-state index in [1.54, 1.807) is 32.0 Å². The van der Waals surface area contributed by atoms with Gasteiger partial charge in [0.1, 0.15) is 0 Å². The smallest absolute Gasteiger partial charge is 0.335 e. The Balaban J connectivity index is 2.25. The van der Waals surface area contributed by atoms with Crippen LogP contribution in [0.4, 0.5) is 0 Å². The first-order valence-electron chi connectivity index (χ1n) is 7.22. The van der Waals surface area contributed by atoms with Crippen molar-refractivity contribution in [1.29, 1.82) is 0 Å². The predicted octanol–water partition coefficient (Wildman–Crippen LogP) is 2.33. The maximum absolute atomic E-state index is 11.5. The van der Waals surface area contributed by atoms with Crippen LogP contribution in [0.3, 0.4) is 0 Å². The Bertz CT molecular complexity index is 539. The molecule has 2 N–H and O–H groups in total. The van der Waals surface area contributed by atoms with Gasteiger partial charge in [0, 0.05) is 6.42 Å². The first-order valence-corrected chi connectivity index (χ1v) is 7.22. The third-order valence-electron chi connectivity index (χ3n) is 3.03. The Labute approximate surface area is 129 Å². The van der Waals surface area contributed by atoms with Crippen molar-refractivity contribution in [3.05, 3.63) is 35.4 Å². The number of unbranched alkanes of at least 4 members (excludes halogenated alkanes) is 1. The molecule has 0 aliphatic heterocycles. The molecule has 1 aromatic carbocycles. The fourth-order valence-corrected chi connectivity index (χ4v) is 1.75. The monoisotopic (exact) mass is 307 g/mol. The summed E-state index contributed by atoms with van der Waals surface area (Å²) in [6.07, 6.45) is 2.32. The summed E-state index contributed by atoms with van der Waals surface area (Å²) in [5.74, 6) is -2.05. The van der Waals surface area contributed by atoms with Crippen molar-refractivity contribution in [2.75, 3.05) is 0 Å². The highest BCUT2D eigenvalue weighted by molar-refractivity contribution is 5.87. The number of aryl methyl sites for hydroxylation is 1. The Morgan fingerprint density at radius 3 is 2.59 bits per heavy atom. The van der Waals surface area contributed by atoms with Gasteiger partial charge < -0.3 is 9.94 Å². The van der Waals surface area contributed by atoms with Gasteiger partial charge in [-0.25, -0.2) is 9.59 Å². The maximum Gasteiger partial charge on any atom is 0.335 e. The van der Waals surface area contributed by atoms with Gasteiger partial charge in [0.05, 0.1) is 11.5 Å². The van der Waals surface area contributed by atoms with E-state index < -0.39 is 11.9 Å². The van der Waals surface area contributed by atoms with E-state index in [-0.39, 0.29) is 23.8 Å². The maximum atomic E-state index is 11.5. The lowest BCUT2D eigenvalue weighted by Crippen LogP contribution is -2.28. The van der Waals surface area contributed by atoms with E-state index in [1.807, 2.05) is 6.07 Å². The zero-order chi connectivity index (χ0) is 16.5. The Morgan fingerprint density at radius 1 is 1.23 bits per heavy atom. The minimum atomic E-state index is -0.951. The van der Waals surface area contributed by atoms with E-state index in [0.717, 1.165) is 12.0 Å². The third kappa shape index (κ3) is 6.39. The van der Waals surface area contributed by atoms with Crippen LogP contribution in [0.5, 0.6) is 0 Å². The Kier molecular flexibility index (Phi) is 7.08. The second-order valence-electron chi connectivity index (χ2n) is 5.31. The molecule has 0 saturated carbocycles. The molecule has 0 saturated heterocycles. The molecular weight excluding hydrogens is 286 g/mol. The molecule has 0 bridgehead atoms. The van der Waals surface area contributed by atoms with Crippen molar-refractivity contribution < 1.29 is 24.3 Å². The molecule has 0 aromatic heterocycles. The van der Waals surface area contributed by atoms with Crippen LogP contribution in [0, 0.1) is 5.92 Å². The highest BCUT2D eigenvalue weighted by Crippen LogP contribution is 2.10. The minimum absolute atomic E-state index is 0.254. The number of hydrogen-bond donors (Lipinski definition) is 2. The van der Waals surface area contributed by atoms with Gasteiger partial charge in [0.15, 0.2) is 0 Å². The van der Waals surface area contributed by atoms with Crippen molar-refractivity contribution in [3.63, 3.8) is 0 Å². The topological polar surface area (TPSA) is 92.7 Å². The molecule has 0 radical (unpaired) electrons. The number of amides is 1. The number of aromatic carboxylic acids is 1. The van der Waals surface area contributed by atoms with Gasteiger partial charge in [-0.05, 0) is 37.0 Å². The summed E-state index contributed by atoms with van der Waals surface area (Å²) in [6, 6.07) is 6.74. The number of carboxylic acid groups (broad SMARTS) is 1. The summed E-state index contributed by atoms with van der Waals surface area (Å²) in [4.78, 5) is 38.1. The standard InChI is InChI=1S/C16H21NO5/c1-11(2)16(21)22-17-14(18)9-4-3-6-12-7-5-8-13(10-12)15(19)20/h5,7-8,10-11H,3-4,6,9H2,1-2H3,(H,17,18)(H,19,20). The molecule has 0 heterocycles. The molecule has 0 fully saturated rings. The van der Waals surface area contributed by atoms with E-state index in [1.165, 1.54) is 0 Å². The van der Waals surface area contributed by atoms with E-state index in [9.17, 15) is 14.4 Å². The van der Waals surface area contributed by atoms with Crippen molar-refractivity contribution in [2.45, 2.75) is 39.5 Å². The lowest BCUT2D eigenvalue weighted by Gasteiger charge is -2.07. The highest BCUT2D eigenvalue weighted by Gasteiger charge is 2.10. The molecule has 6 nitrogen and oxygen atoms in total. The van der Waals surface area contributed by atoms with Crippen LogP contribution in [0.1, 0.15) is 49.0 Å². The lowest BCUT2D eigenvalue weighted by atomic mass is 10.0. The molecular formula is C16H21NO5. The van der Waals surface area contributed by atoms with Crippen LogP contribution < -0.4 is 5.48 Å². The zero-order valence-electron chi connectivity index (χ0n) is 12.8. The molecule has 6 heteroatoms. The molecule has 0 aliphatic rings. The molecule has 0 spiro atoms. The number of rotatable bonds is 7. The largest absolute Gasteiger partial charge is 0.478 e. The Hall–Kier alpha value is -2.37. The Morgan fingerprint density at radius 2 is 1.95 bits per heavy atom. The highest BCUT2D eigenvalue weighted by atomic mass is 16.7. The molecule has 0 aliphatic carbocycles. The number of carbonyl (C=O) groups is 3. The SMILES string of the molecule is CC(C)C(=O)ONC(=O)CCCCc1cccc(C(=O)O)c1. The number of carboxylic acids is 1. The zero-order valence-corrected chi connectivity index (χ0v) is 12.8. The van der Waals surface area contributed by atoms with Gasteiger partial charge >= 0.3 is 11.9 Å². The van der Waals surface area contributed by atoms with E-state index in [2.05, 4.69) is 10.3 Å². The molecule has 0 atom stereocenters. The van der Waals surface area contributed by atoms with Gasteiger partial charge in [-0.15, -0.1) is 0 Å². The second kappa shape index (κ2) is 8.81. The molecule has 1 amide bonds. The molecule has 0 unspecified atom stereocenters. The fourth-order valence-electron chi connectivity index (χ4n) is 1.75. The summed E-state index contributed by atoms with van der Waals surface area (Å²) >= 11 is 0. The third-order valence-corrected chi connectivity index (χ3v) is 3.03. The van der Waals surface area contributed by atoms with Crippen molar-refractivity contribution in [2.24, 2.45) is 5.92 Å². The quantitative estimate of drug-likeness (QED) is 0.595. The van der Waals surface area contributed by atoms with E-state index in [0.29, 0.717) is 12.8 Å². The lowest BCUT2D eigenvalue weighted by molar-refractivity contribution is -0.161. The summed E-state index contributed by atoms with van der Waals surface area (Å²) in [5, 5.41) is 8.90. The van der Waals surface area contributed by atoms with Crippen LogP contribution in [0.2, 0.25) is 0 Å². The van der Waals surface area contributed by atoms with Gasteiger partial charge in [-0.2, -0.15) is 5.48 Å². The normalized spacial score (nSPS) is 10.3. The summed E-state index contributed by atoms with van der Waals surface area (Å²) < 4.78 is 0. The van der Waals surface area contributed by atoms with Crippen molar-refractivity contribution in [1.82, 2.24) is 5.48 Å². The van der Waals surface area contributed by atoms with Gasteiger partial charge in [0.2, 0.25) is 0 Å². The van der Waals surface area contributed by atoms with Crippen molar-refractivity contribution >= 4 is 17.8 Å². The number of hydrogen-bond acceptors (Lipinski definition) is 4. The van der Waals surface area contributed by atoms with Gasteiger partial charge in [-0.1, -0.05) is 26.0 Å². The van der Waals surface area contributed by atoms with Gasteiger partial charge in [0.25, 0.3) is 5.91 Å². The minimum Gasteiger partial charge on any atom is -0.478 e. The van der Waals surface area contributed by atoms with Crippen LogP contribution >= 0.6 is 0 Å². The summed E-state index contributed by atoms with van der Waals surface area (Å²) in [6.45, 7) is 3.36. The van der Waals surface area contributed by atoms with E-state index >= 15 is 0 Å². The molecule has 1 aromatic rings. The number of hydroxylamine groups is 1. The van der Waals surface area contributed by atoms with Crippen molar-refractivity contribution in [3.8, 4) is 0 Å². The number of carbonyl (C=O) groups excluding carboxylic acids is 2. The number of benzene rings is 1. The van der Waals surface area contributed by atoms with Crippen LogP contribution in [0.25, 0.3) is 0 Å². The first-order chi connectivity index (χ1) is 10.4. The van der Waals surface area contributed by atoms with Crippen LogP contribution in [0.15, 0.2) is 24.3 Å². The molecule has 1 rings (SSSR count). The number of nitrogens with one attached hydrogen (secondary N) is 1. The fraction of sp³-hybridized carbons (Fsp3) is 0.438. The van der Waals surface area contributed by atoms with E-state index in [4.69, 9.17) is 5.11 Å². The second-order valence-corrected chi connectivity index (χ2v) is 5.31. The molecule has 120 valence electrons. The predicted molar refractivity (Wildman–Crippen MR) is 80.0 cm³/mol. The van der Waals surface area contributed by atoms with Crippen LogP contribution in [-0.4, -0.2) is 23.0 Å².